The standard InChI is InChI=1S/C49H32O/c1-48(34-14-3-2-4-15-34)42-21-11-12-22-45(42)50-46-28-25-33(30-44(46)48)32-24-26-41-38(29-32)36-17-7-9-19-39(36)49(41)40-20-10-8-18-37(40)47-35-16-6-5-13-31(35)23-27-43(47)49/h2-30H,1H3. The minimum Gasteiger partial charge on any atom is -0.457 e. The summed E-state index contributed by atoms with van der Waals surface area (Å²) in [6.45, 7) is 2.34. The maximum atomic E-state index is 6.57. The third kappa shape index (κ3) is 3.42. The smallest absolute Gasteiger partial charge is 0.131 e. The molecule has 0 N–H and O–H groups in total. The maximum absolute atomic E-state index is 6.57. The largest absolute Gasteiger partial charge is 0.457 e. The first kappa shape index (κ1) is 27.7. The van der Waals surface area contributed by atoms with Crippen molar-refractivity contribution in [2.45, 2.75) is 17.8 Å². The predicted molar refractivity (Wildman–Crippen MR) is 204 cm³/mol. The van der Waals surface area contributed by atoms with E-state index in [0.29, 0.717) is 0 Å². The molecule has 0 saturated heterocycles. The number of para-hydroxylation sites is 1. The maximum Gasteiger partial charge on any atom is 0.131 e. The first-order chi connectivity index (χ1) is 24.7. The van der Waals surface area contributed by atoms with Gasteiger partial charge in [0.05, 0.1) is 5.41 Å². The summed E-state index contributed by atoms with van der Waals surface area (Å²) in [4.78, 5) is 0. The molecular weight excluding hydrogens is 605 g/mol. The molecule has 0 bridgehead atoms. The van der Waals surface area contributed by atoms with Crippen molar-refractivity contribution in [2.24, 2.45) is 0 Å². The molecule has 0 radical (unpaired) electrons. The highest BCUT2D eigenvalue weighted by atomic mass is 16.5. The van der Waals surface area contributed by atoms with Gasteiger partial charge in [0.25, 0.3) is 0 Å². The second-order valence-corrected chi connectivity index (χ2v) is 14.1. The van der Waals surface area contributed by atoms with E-state index in [1.807, 2.05) is 0 Å². The van der Waals surface area contributed by atoms with E-state index < -0.39 is 0 Å². The molecular formula is C49H32O. The van der Waals surface area contributed by atoms with Crippen LogP contribution < -0.4 is 4.74 Å². The lowest BCUT2D eigenvalue weighted by Crippen LogP contribution is -2.29. The molecule has 8 aromatic rings. The molecule has 0 amide bonds. The number of hydrogen-bond donors (Lipinski definition) is 0. The van der Waals surface area contributed by atoms with Gasteiger partial charge < -0.3 is 4.74 Å². The molecule has 1 aliphatic heterocycles. The minimum atomic E-state index is -0.375. The van der Waals surface area contributed by atoms with Crippen LogP contribution in [0.4, 0.5) is 0 Å². The summed E-state index contributed by atoms with van der Waals surface area (Å²) in [6, 6.07) is 65.0. The van der Waals surface area contributed by atoms with Crippen LogP contribution in [-0.2, 0) is 10.8 Å². The van der Waals surface area contributed by atoms with Gasteiger partial charge >= 0.3 is 0 Å². The molecule has 0 aromatic heterocycles. The molecule has 234 valence electrons. The summed E-state index contributed by atoms with van der Waals surface area (Å²) in [5.74, 6) is 1.83. The Morgan fingerprint density at radius 3 is 1.86 bits per heavy atom. The van der Waals surface area contributed by atoms with Crippen molar-refractivity contribution in [3.63, 3.8) is 0 Å². The number of ether oxygens (including phenoxy) is 1. The first-order valence-corrected chi connectivity index (χ1v) is 17.5. The fourth-order valence-corrected chi connectivity index (χ4v) is 9.60. The van der Waals surface area contributed by atoms with Crippen LogP contribution in [0.25, 0.3) is 44.2 Å². The van der Waals surface area contributed by atoms with Crippen molar-refractivity contribution in [1.82, 2.24) is 0 Å². The fraction of sp³-hybridized carbons (Fsp3) is 0.0612. The lowest BCUT2D eigenvalue weighted by atomic mass is 9.69. The lowest BCUT2D eigenvalue weighted by Gasteiger charge is -2.38. The summed E-state index contributed by atoms with van der Waals surface area (Å²) in [6.07, 6.45) is 0. The molecule has 50 heavy (non-hydrogen) atoms. The number of rotatable bonds is 2. The van der Waals surface area contributed by atoms with Gasteiger partial charge in [-0.2, -0.15) is 0 Å². The Labute approximate surface area is 292 Å². The lowest BCUT2D eigenvalue weighted by molar-refractivity contribution is 0.427. The van der Waals surface area contributed by atoms with E-state index in [2.05, 4.69) is 183 Å². The van der Waals surface area contributed by atoms with Gasteiger partial charge in [0, 0.05) is 16.5 Å². The fourth-order valence-electron chi connectivity index (χ4n) is 9.60. The Balaban J connectivity index is 1.14. The third-order valence-electron chi connectivity index (χ3n) is 11.8. The summed E-state index contributed by atoms with van der Waals surface area (Å²) >= 11 is 0. The molecule has 1 heterocycles. The van der Waals surface area contributed by atoms with Gasteiger partial charge in [-0.25, -0.2) is 0 Å². The molecule has 2 atom stereocenters. The van der Waals surface area contributed by atoms with E-state index in [0.717, 1.165) is 11.5 Å². The molecule has 2 aliphatic carbocycles. The zero-order chi connectivity index (χ0) is 33.0. The van der Waals surface area contributed by atoms with Crippen LogP contribution in [0.15, 0.2) is 176 Å². The molecule has 1 spiro atoms. The first-order valence-electron chi connectivity index (χ1n) is 17.5. The monoisotopic (exact) mass is 636 g/mol. The number of benzene rings is 8. The topological polar surface area (TPSA) is 9.23 Å². The normalized spacial score (nSPS) is 18.8. The van der Waals surface area contributed by atoms with Crippen molar-refractivity contribution in [3.8, 4) is 44.9 Å². The van der Waals surface area contributed by atoms with E-state index in [4.69, 9.17) is 4.74 Å². The molecule has 3 aliphatic rings. The average molecular weight is 637 g/mol. The molecule has 0 saturated carbocycles. The molecule has 0 fully saturated rings. The SMILES string of the molecule is CC1(c2ccccc2)c2ccccc2Oc2ccc(-c3ccc4c(c3)-c3ccccc3C43c4ccccc4-c4c3ccc3ccccc43)cc21. The van der Waals surface area contributed by atoms with Gasteiger partial charge in [-0.05, 0) is 103 Å². The second-order valence-electron chi connectivity index (χ2n) is 14.1. The quantitative estimate of drug-likeness (QED) is 0.183. The summed E-state index contributed by atoms with van der Waals surface area (Å²) in [5.41, 5.74) is 16.0. The van der Waals surface area contributed by atoms with Crippen LogP contribution in [0, 0.1) is 0 Å². The highest BCUT2D eigenvalue weighted by Crippen LogP contribution is 2.64. The summed E-state index contributed by atoms with van der Waals surface area (Å²) in [5, 5.41) is 2.60. The number of hydrogen-bond acceptors (Lipinski definition) is 1. The molecule has 1 heteroatoms. The summed E-state index contributed by atoms with van der Waals surface area (Å²) < 4.78 is 6.57. The predicted octanol–water partition coefficient (Wildman–Crippen LogP) is 12.3. The van der Waals surface area contributed by atoms with Crippen molar-refractivity contribution < 1.29 is 4.74 Å². The summed E-state index contributed by atoms with van der Waals surface area (Å²) in [7, 11) is 0. The van der Waals surface area contributed by atoms with Crippen LogP contribution in [0.1, 0.15) is 45.9 Å². The van der Waals surface area contributed by atoms with Crippen LogP contribution in [0.2, 0.25) is 0 Å². The van der Waals surface area contributed by atoms with E-state index in [1.54, 1.807) is 0 Å². The Morgan fingerprint density at radius 1 is 0.400 bits per heavy atom. The van der Waals surface area contributed by atoms with Gasteiger partial charge in [-0.1, -0.05) is 152 Å². The molecule has 2 unspecified atom stereocenters. The minimum absolute atomic E-state index is 0.366. The Kier molecular flexibility index (Phi) is 5.51. The average Bonchev–Trinajstić information content (AvgIpc) is 3.65. The van der Waals surface area contributed by atoms with E-state index in [1.165, 1.54) is 83.1 Å². The molecule has 11 rings (SSSR count). The third-order valence-corrected chi connectivity index (χ3v) is 11.8. The van der Waals surface area contributed by atoms with Gasteiger partial charge in [0.1, 0.15) is 11.5 Å². The van der Waals surface area contributed by atoms with Crippen LogP contribution >= 0.6 is 0 Å². The van der Waals surface area contributed by atoms with E-state index in [9.17, 15) is 0 Å². The van der Waals surface area contributed by atoms with Crippen LogP contribution in [0.5, 0.6) is 11.5 Å². The zero-order valence-corrected chi connectivity index (χ0v) is 27.7. The van der Waals surface area contributed by atoms with E-state index >= 15 is 0 Å². The molecule has 1 nitrogen and oxygen atoms in total. The van der Waals surface area contributed by atoms with Gasteiger partial charge in [0.2, 0.25) is 0 Å². The van der Waals surface area contributed by atoms with E-state index in [-0.39, 0.29) is 10.8 Å². The Morgan fingerprint density at radius 2 is 1.00 bits per heavy atom. The Hall–Kier alpha value is -6.18. The van der Waals surface area contributed by atoms with Crippen molar-refractivity contribution in [1.29, 1.82) is 0 Å². The van der Waals surface area contributed by atoms with Crippen molar-refractivity contribution in [2.75, 3.05) is 0 Å². The molecule has 8 aromatic carbocycles. The highest BCUT2D eigenvalue weighted by Gasteiger charge is 2.52. The van der Waals surface area contributed by atoms with Crippen molar-refractivity contribution >= 4 is 10.8 Å². The van der Waals surface area contributed by atoms with Crippen LogP contribution in [-0.4, -0.2) is 0 Å². The van der Waals surface area contributed by atoms with Crippen LogP contribution in [0.3, 0.4) is 0 Å². The Bertz CT molecular complexity index is 2700. The van der Waals surface area contributed by atoms with Gasteiger partial charge in [-0.3, -0.25) is 0 Å². The van der Waals surface area contributed by atoms with Crippen molar-refractivity contribution in [3.05, 3.63) is 215 Å². The second kappa shape index (κ2) is 9.94. The zero-order valence-electron chi connectivity index (χ0n) is 27.7. The van der Waals surface area contributed by atoms with Gasteiger partial charge in [0.15, 0.2) is 0 Å². The van der Waals surface area contributed by atoms with Gasteiger partial charge in [-0.15, -0.1) is 0 Å². The highest BCUT2D eigenvalue weighted by molar-refractivity contribution is 6.06. The number of fused-ring (bicyclic) bond motifs is 14.